The summed E-state index contributed by atoms with van der Waals surface area (Å²) in [5.41, 5.74) is -0.656. The number of aliphatic carboxylic acids is 1. The predicted molar refractivity (Wildman–Crippen MR) is 149 cm³/mol. The number of hydrogen-bond donors (Lipinski definition) is 3. The second-order valence-electron chi connectivity index (χ2n) is 10.9. The third kappa shape index (κ3) is 5.94. The van der Waals surface area contributed by atoms with Crippen molar-refractivity contribution in [3.8, 4) is 0 Å². The van der Waals surface area contributed by atoms with Crippen molar-refractivity contribution in [3.63, 3.8) is 0 Å². The van der Waals surface area contributed by atoms with Gasteiger partial charge in [0.2, 0.25) is 5.91 Å². The van der Waals surface area contributed by atoms with Crippen molar-refractivity contribution in [1.29, 1.82) is 0 Å². The third-order valence-electron chi connectivity index (χ3n) is 8.31. The van der Waals surface area contributed by atoms with Gasteiger partial charge in [-0.1, -0.05) is 51.7 Å². The van der Waals surface area contributed by atoms with E-state index in [1.807, 2.05) is 0 Å². The van der Waals surface area contributed by atoms with Crippen LogP contribution in [0.2, 0.25) is 0 Å². The van der Waals surface area contributed by atoms with E-state index in [2.05, 4.69) is 10.6 Å². The minimum absolute atomic E-state index is 0. The fourth-order valence-electron chi connectivity index (χ4n) is 6.27. The van der Waals surface area contributed by atoms with Gasteiger partial charge in [0.1, 0.15) is 12.4 Å². The van der Waals surface area contributed by atoms with Gasteiger partial charge in [0, 0.05) is 18.1 Å². The number of carboxylic acids is 1. The van der Waals surface area contributed by atoms with Crippen LogP contribution in [0.25, 0.3) is 10.9 Å². The molecule has 0 spiro atoms. The number of fused-ring (bicyclic) bond motifs is 1. The molecule has 1 heterocycles. The zero-order valence-electron chi connectivity index (χ0n) is 21.5. The van der Waals surface area contributed by atoms with Crippen LogP contribution in [0.1, 0.15) is 84.1 Å². The molecule has 39 heavy (non-hydrogen) atoms. The molecule has 3 aliphatic carbocycles. The lowest BCUT2D eigenvalue weighted by Crippen LogP contribution is -2.49. The number of allylic oxidation sites excluding steroid dienone is 1. The molecule has 3 aliphatic rings. The van der Waals surface area contributed by atoms with Crippen LogP contribution in [-0.4, -0.2) is 38.2 Å². The molecule has 0 radical (unpaired) electrons. The zero-order chi connectivity index (χ0) is 26.8. The lowest BCUT2D eigenvalue weighted by atomic mass is 9.89. The first-order chi connectivity index (χ1) is 18.3. The van der Waals surface area contributed by atoms with Gasteiger partial charge < -0.3 is 15.7 Å². The van der Waals surface area contributed by atoms with E-state index >= 15 is 4.39 Å². The van der Waals surface area contributed by atoms with Gasteiger partial charge in [-0.25, -0.2) is 9.18 Å². The number of anilines is 1. The van der Waals surface area contributed by atoms with Crippen molar-refractivity contribution >= 4 is 28.5 Å². The Morgan fingerprint density at radius 3 is 2.33 bits per heavy atom. The molecule has 1 aromatic heterocycles. The number of carbonyl (C=O) groups is 2. The van der Waals surface area contributed by atoms with Crippen LogP contribution < -0.4 is 21.9 Å². The van der Waals surface area contributed by atoms with Gasteiger partial charge >= 0.3 is 11.7 Å². The molecule has 10 heteroatoms. The quantitative estimate of drug-likeness (QED) is 0.448. The lowest BCUT2D eigenvalue weighted by molar-refractivity contribution is -0.143. The highest BCUT2D eigenvalue weighted by atomic mass is 19.1. The van der Waals surface area contributed by atoms with Crippen LogP contribution in [0.4, 0.5) is 10.1 Å². The Balaban J connectivity index is 0.00000353. The van der Waals surface area contributed by atoms with Gasteiger partial charge in [-0.3, -0.25) is 23.5 Å². The first kappa shape index (κ1) is 28.6. The molecule has 2 unspecified atom stereocenters. The van der Waals surface area contributed by atoms with Crippen LogP contribution in [0.5, 0.6) is 0 Å². The topological polar surface area (TPSA) is 122 Å². The normalized spacial score (nSPS) is 22.0. The van der Waals surface area contributed by atoms with Gasteiger partial charge in [-0.2, -0.15) is 0 Å². The monoisotopic (exact) mass is 542 g/mol. The molecule has 0 saturated heterocycles. The van der Waals surface area contributed by atoms with Gasteiger partial charge in [0.15, 0.2) is 0 Å². The Labute approximate surface area is 227 Å². The summed E-state index contributed by atoms with van der Waals surface area (Å²) < 4.78 is 17.7. The van der Waals surface area contributed by atoms with E-state index in [1.54, 1.807) is 22.8 Å². The second kappa shape index (κ2) is 12.2. The highest BCUT2D eigenvalue weighted by Crippen LogP contribution is 2.32. The fourth-order valence-corrected chi connectivity index (χ4v) is 6.27. The Kier molecular flexibility index (Phi) is 8.92. The summed E-state index contributed by atoms with van der Waals surface area (Å²) in [6.07, 6.45) is 12.8. The minimum atomic E-state index is -1.01. The fraction of sp³-hybridized carbons (Fsp3) is 0.586. The molecular weight excluding hydrogens is 503 g/mol. The summed E-state index contributed by atoms with van der Waals surface area (Å²) in [4.78, 5) is 51.7. The average Bonchev–Trinajstić information content (AvgIpc) is 3.43. The molecule has 1 aromatic carbocycles. The van der Waals surface area contributed by atoms with E-state index in [-0.39, 0.29) is 30.6 Å². The Bertz CT molecular complexity index is 1370. The summed E-state index contributed by atoms with van der Waals surface area (Å²) in [6, 6.07) is 2.12. The van der Waals surface area contributed by atoms with E-state index < -0.39 is 47.4 Å². The number of aromatic nitrogens is 2. The Morgan fingerprint density at radius 1 is 0.974 bits per heavy atom. The molecule has 5 rings (SSSR count). The van der Waals surface area contributed by atoms with Crippen molar-refractivity contribution in [2.75, 3.05) is 5.32 Å². The highest BCUT2D eigenvalue weighted by Gasteiger charge is 2.31. The minimum Gasteiger partial charge on any atom is -0.481 e. The summed E-state index contributed by atoms with van der Waals surface area (Å²) >= 11 is 0. The van der Waals surface area contributed by atoms with E-state index in [4.69, 9.17) is 0 Å². The first-order valence-electron chi connectivity index (χ1n) is 13.8. The van der Waals surface area contributed by atoms with Gasteiger partial charge in [0.05, 0.1) is 22.5 Å². The number of nitrogens with zero attached hydrogens (tertiary/aromatic N) is 2. The van der Waals surface area contributed by atoms with Crippen LogP contribution >= 0.6 is 0 Å². The van der Waals surface area contributed by atoms with Gasteiger partial charge in [0.25, 0.3) is 5.56 Å². The molecule has 212 valence electrons. The van der Waals surface area contributed by atoms with Crippen molar-refractivity contribution in [3.05, 3.63) is 50.9 Å². The van der Waals surface area contributed by atoms with E-state index in [9.17, 15) is 24.3 Å². The molecule has 2 saturated carbocycles. The third-order valence-corrected chi connectivity index (χ3v) is 8.31. The van der Waals surface area contributed by atoms with Crippen molar-refractivity contribution in [2.24, 2.45) is 5.92 Å². The second-order valence-corrected chi connectivity index (χ2v) is 10.9. The zero-order valence-corrected chi connectivity index (χ0v) is 21.5. The van der Waals surface area contributed by atoms with E-state index in [0.717, 1.165) is 55.9 Å². The van der Waals surface area contributed by atoms with Gasteiger partial charge in [-0.05, 0) is 50.7 Å². The molecule has 2 aromatic rings. The van der Waals surface area contributed by atoms with Gasteiger partial charge in [-0.15, -0.1) is 0 Å². The smallest absolute Gasteiger partial charge is 0.332 e. The number of amides is 1. The molecular formula is C29H39FN4O5. The molecule has 2 atom stereocenters. The molecule has 9 nitrogen and oxygen atoms in total. The maximum Gasteiger partial charge on any atom is 0.332 e. The van der Waals surface area contributed by atoms with Crippen LogP contribution in [0.15, 0.2) is 33.9 Å². The van der Waals surface area contributed by atoms with Crippen LogP contribution in [0, 0.1) is 11.7 Å². The number of benzene rings is 1. The Morgan fingerprint density at radius 2 is 1.64 bits per heavy atom. The summed E-state index contributed by atoms with van der Waals surface area (Å²) in [5.74, 6) is -2.98. The Hall–Kier alpha value is -3.43. The number of carbonyl (C=O) groups excluding carboxylic acids is 1. The standard InChI is InChI=1S/C28H35FN4O5.CH4/c29-21-14-20-24(15-23(21)30-17-8-2-1-3-9-17)33(18-10-4-5-11-18)28(38)32(26(20)35)16-25(34)31-22-13-7-6-12-19(22)27(36)37;/h6-7,14-15,17-19,22,30H,1-5,8-13,16H2,(H,31,34)(H,36,37);1H4. The number of hydrogen-bond acceptors (Lipinski definition) is 5. The lowest BCUT2D eigenvalue weighted by Gasteiger charge is -2.26. The maximum atomic E-state index is 15.2. The highest BCUT2D eigenvalue weighted by molar-refractivity contribution is 5.83. The first-order valence-corrected chi connectivity index (χ1v) is 13.8. The average molecular weight is 543 g/mol. The van der Waals surface area contributed by atoms with Crippen molar-refractivity contribution < 1.29 is 19.1 Å². The number of halogens is 1. The van der Waals surface area contributed by atoms with Crippen molar-refractivity contribution in [2.45, 2.75) is 103 Å². The predicted octanol–water partition coefficient (Wildman–Crippen LogP) is 4.33. The SMILES string of the molecule is C.O=C(Cn1c(=O)c2cc(F)c(NC3CCCCC3)cc2n(C2CCCC2)c1=O)NC1CC=CCC1C(=O)O. The summed E-state index contributed by atoms with van der Waals surface area (Å²) in [5, 5.41) is 15.5. The van der Waals surface area contributed by atoms with Crippen LogP contribution in [0.3, 0.4) is 0 Å². The van der Waals surface area contributed by atoms with E-state index in [1.165, 1.54) is 12.5 Å². The largest absolute Gasteiger partial charge is 0.481 e. The van der Waals surface area contributed by atoms with Crippen LogP contribution in [-0.2, 0) is 16.1 Å². The molecule has 3 N–H and O–H groups in total. The molecule has 0 bridgehead atoms. The summed E-state index contributed by atoms with van der Waals surface area (Å²) in [6.45, 7) is -0.559. The summed E-state index contributed by atoms with van der Waals surface area (Å²) in [7, 11) is 0. The number of nitrogens with one attached hydrogen (secondary N) is 2. The van der Waals surface area contributed by atoms with E-state index in [0.29, 0.717) is 18.4 Å². The molecule has 2 fully saturated rings. The molecule has 0 aliphatic heterocycles. The number of carboxylic acid groups (broad SMARTS) is 1. The van der Waals surface area contributed by atoms with Crippen molar-refractivity contribution in [1.82, 2.24) is 14.5 Å². The molecule has 1 amide bonds. The maximum absolute atomic E-state index is 15.2. The number of rotatable bonds is 7.